The molecule has 0 aliphatic carbocycles. The van der Waals surface area contributed by atoms with Crippen molar-refractivity contribution in [3.63, 3.8) is 0 Å². The minimum Gasteiger partial charge on any atom is -0.492 e. The summed E-state index contributed by atoms with van der Waals surface area (Å²) in [5.41, 5.74) is 1.10. The van der Waals surface area contributed by atoms with Gasteiger partial charge in [0.25, 0.3) is 5.90 Å². The van der Waals surface area contributed by atoms with E-state index in [4.69, 9.17) is 13.9 Å². The summed E-state index contributed by atoms with van der Waals surface area (Å²) < 4.78 is 17.9. The zero-order valence-corrected chi connectivity index (χ0v) is 16.3. The van der Waals surface area contributed by atoms with E-state index in [-0.39, 0.29) is 11.6 Å². The van der Waals surface area contributed by atoms with Gasteiger partial charge in [0, 0.05) is 0 Å². The van der Waals surface area contributed by atoms with Crippen molar-refractivity contribution in [2.45, 2.75) is 6.92 Å². The molecule has 0 radical (unpaired) electrons. The quantitative estimate of drug-likeness (QED) is 0.334. The third kappa shape index (κ3) is 3.60. The molecule has 23 heavy (non-hydrogen) atoms. The number of ether oxygens (including phenoxy) is 2. The number of benzene rings is 1. The first kappa shape index (κ1) is 16.5. The lowest BCUT2D eigenvalue weighted by Crippen LogP contribution is -2.04. The molecule has 1 aromatic heterocycles. The molecule has 2 aromatic rings. The fourth-order valence-electron chi connectivity index (χ4n) is 2.02. The number of esters is 1. The van der Waals surface area contributed by atoms with E-state index < -0.39 is 5.97 Å². The Hall–Kier alpha value is -1.36. The SMILES string of the molecule is CCOc1c(I)cc(/C=C2\N=C(c3ccco3)OC2=O)cc1I. The maximum absolute atomic E-state index is 11.9. The zero-order chi connectivity index (χ0) is 16.4. The largest absolute Gasteiger partial charge is 0.492 e. The van der Waals surface area contributed by atoms with E-state index in [2.05, 4.69) is 50.2 Å². The second-order valence-corrected chi connectivity index (χ2v) is 6.88. The molecule has 0 N–H and O–H groups in total. The highest BCUT2D eigenvalue weighted by atomic mass is 127. The van der Waals surface area contributed by atoms with Crippen molar-refractivity contribution in [1.82, 2.24) is 0 Å². The number of cyclic esters (lactones) is 1. The lowest BCUT2D eigenvalue weighted by molar-refractivity contribution is -0.130. The van der Waals surface area contributed by atoms with Gasteiger partial charge in [-0.25, -0.2) is 9.79 Å². The third-order valence-corrected chi connectivity index (χ3v) is 4.57. The maximum Gasteiger partial charge on any atom is 0.363 e. The highest BCUT2D eigenvalue weighted by molar-refractivity contribution is 14.1. The van der Waals surface area contributed by atoms with Crippen molar-refractivity contribution in [3.05, 3.63) is 54.7 Å². The minimum atomic E-state index is -0.490. The Morgan fingerprint density at radius 1 is 1.30 bits per heavy atom. The van der Waals surface area contributed by atoms with E-state index in [1.165, 1.54) is 6.26 Å². The number of nitrogens with zero attached hydrogens (tertiary/aromatic N) is 1. The van der Waals surface area contributed by atoms with Gasteiger partial charge in [-0.05, 0) is 88.0 Å². The minimum absolute atomic E-state index is 0.182. The summed E-state index contributed by atoms with van der Waals surface area (Å²) in [7, 11) is 0. The Morgan fingerprint density at radius 2 is 2.04 bits per heavy atom. The number of carbonyl (C=O) groups is 1. The van der Waals surface area contributed by atoms with E-state index in [1.54, 1.807) is 18.2 Å². The van der Waals surface area contributed by atoms with Crippen LogP contribution in [0.1, 0.15) is 18.2 Å². The highest BCUT2D eigenvalue weighted by Crippen LogP contribution is 2.30. The van der Waals surface area contributed by atoms with Crippen molar-refractivity contribution in [1.29, 1.82) is 0 Å². The molecule has 0 unspecified atom stereocenters. The first-order valence-electron chi connectivity index (χ1n) is 6.76. The predicted octanol–water partition coefficient (Wildman–Crippen LogP) is 4.23. The second kappa shape index (κ2) is 7.04. The van der Waals surface area contributed by atoms with Crippen LogP contribution in [0.15, 0.2) is 45.6 Å². The van der Waals surface area contributed by atoms with Crippen LogP contribution in [0.4, 0.5) is 0 Å². The fourth-order valence-corrected chi connectivity index (χ4v) is 4.15. The Kier molecular flexibility index (Phi) is 5.05. The van der Waals surface area contributed by atoms with Crippen LogP contribution in [0, 0.1) is 7.14 Å². The van der Waals surface area contributed by atoms with Gasteiger partial charge < -0.3 is 13.9 Å². The molecule has 0 fully saturated rings. The van der Waals surface area contributed by atoms with Crippen molar-refractivity contribution in [2.75, 3.05) is 6.61 Å². The molecule has 3 rings (SSSR count). The summed E-state index contributed by atoms with van der Waals surface area (Å²) in [6, 6.07) is 7.28. The standard InChI is InChI=1S/C16H11I2NO4/c1-2-21-14-10(17)6-9(7-11(14)18)8-12-16(20)23-15(19-12)13-4-3-5-22-13/h3-8H,2H2,1H3/b12-8-. The third-order valence-electron chi connectivity index (χ3n) is 2.97. The van der Waals surface area contributed by atoms with E-state index >= 15 is 0 Å². The second-order valence-electron chi connectivity index (χ2n) is 4.56. The lowest BCUT2D eigenvalue weighted by atomic mass is 10.2. The fraction of sp³-hybridized carbons (Fsp3) is 0.125. The molecular weight excluding hydrogens is 524 g/mol. The predicted molar refractivity (Wildman–Crippen MR) is 102 cm³/mol. The first-order chi connectivity index (χ1) is 11.1. The molecule has 5 nitrogen and oxygen atoms in total. The van der Waals surface area contributed by atoms with E-state index in [0.29, 0.717) is 12.4 Å². The Morgan fingerprint density at radius 3 is 2.65 bits per heavy atom. The normalized spacial score (nSPS) is 15.7. The summed E-state index contributed by atoms with van der Waals surface area (Å²) in [6.07, 6.45) is 3.20. The van der Waals surface area contributed by atoms with E-state index in [0.717, 1.165) is 18.5 Å². The van der Waals surface area contributed by atoms with E-state index in [1.807, 2.05) is 19.1 Å². The van der Waals surface area contributed by atoms with Crippen LogP contribution in [0.5, 0.6) is 5.75 Å². The van der Waals surface area contributed by atoms with Gasteiger partial charge in [0.15, 0.2) is 11.5 Å². The molecule has 0 saturated heterocycles. The van der Waals surface area contributed by atoms with Crippen LogP contribution in [0.2, 0.25) is 0 Å². The average molecular weight is 535 g/mol. The van der Waals surface area contributed by atoms with Gasteiger partial charge in [-0.1, -0.05) is 0 Å². The first-order valence-corrected chi connectivity index (χ1v) is 8.92. The Bertz CT molecular complexity index is 786. The summed E-state index contributed by atoms with van der Waals surface area (Å²) >= 11 is 4.43. The average Bonchev–Trinajstić information content (AvgIpc) is 3.13. The molecule has 0 saturated carbocycles. The number of aliphatic imine (C=N–C) groups is 1. The van der Waals surface area contributed by atoms with Crippen LogP contribution in [0.3, 0.4) is 0 Å². The van der Waals surface area contributed by atoms with Gasteiger partial charge in [0.1, 0.15) is 5.75 Å². The van der Waals surface area contributed by atoms with Crippen LogP contribution in [-0.4, -0.2) is 18.5 Å². The van der Waals surface area contributed by atoms with Crippen molar-refractivity contribution in [3.8, 4) is 5.75 Å². The summed E-state index contributed by atoms with van der Waals surface area (Å²) in [6.45, 7) is 2.55. The number of hydrogen-bond donors (Lipinski definition) is 0. The Balaban J connectivity index is 1.94. The van der Waals surface area contributed by atoms with E-state index in [9.17, 15) is 4.79 Å². The van der Waals surface area contributed by atoms with Gasteiger partial charge in [0.05, 0.1) is 20.0 Å². The topological polar surface area (TPSA) is 61.0 Å². The van der Waals surface area contributed by atoms with Crippen molar-refractivity contribution in [2.24, 2.45) is 4.99 Å². The monoisotopic (exact) mass is 535 g/mol. The maximum atomic E-state index is 11.9. The molecule has 1 aromatic carbocycles. The molecule has 0 bridgehead atoms. The molecular formula is C16H11I2NO4. The summed E-state index contributed by atoms with van der Waals surface area (Å²) in [4.78, 5) is 16.1. The van der Waals surface area contributed by atoms with Crippen LogP contribution in [-0.2, 0) is 9.53 Å². The van der Waals surface area contributed by atoms with Crippen LogP contribution >= 0.6 is 45.2 Å². The summed E-state index contributed by atoms with van der Waals surface area (Å²) in [5, 5.41) is 0. The molecule has 118 valence electrons. The van der Waals surface area contributed by atoms with Crippen LogP contribution in [0.25, 0.3) is 6.08 Å². The number of rotatable bonds is 4. The Labute approximate surface area is 160 Å². The lowest BCUT2D eigenvalue weighted by Gasteiger charge is -2.09. The van der Waals surface area contributed by atoms with Gasteiger partial charge in [-0.3, -0.25) is 0 Å². The zero-order valence-electron chi connectivity index (χ0n) is 12.0. The van der Waals surface area contributed by atoms with Crippen molar-refractivity contribution >= 4 is 63.1 Å². The van der Waals surface area contributed by atoms with Gasteiger partial charge in [-0.15, -0.1) is 0 Å². The van der Waals surface area contributed by atoms with Gasteiger partial charge in [-0.2, -0.15) is 0 Å². The number of hydrogen-bond acceptors (Lipinski definition) is 5. The van der Waals surface area contributed by atoms with Gasteiger partial charge in [0.2, 0.25) is 0 Å². The molecule has 1 aliphatic heterocycles. The smallest absolute Gasteiger partial charge is 0.363 e. The number of furan rings is 1. The molecule has 0 amide bonds. The molecule has 2 heterocycles. The van der Waals surface area contributed by atoms with Crippen molar-refractivity contribution < 1.29 is 18.7 Å². The molecule has 0 atom stereocenters. The molecule has 1 aliphatic rings. The number of carbonyl (C=O) groups excluding carboxylic acids is 1. The summed E-state index contributed by atoms with van der Waals surface area (Å²) in [5.74, 6) is 0.971. The molecule has 0 spiro atoms. The van der Waals surface area contributed by atoms with Crippen LogP contribution < -0.4 is 4.74 Å². The number of halogens is 2. The highest BCUT2D eigenvalue weighted by Gasteiger charge is 2.25. The molecule has 7 heteroatoms. The van der Waals surface area contributed by atoms with Gasteiger partial charge >= 0.3 is 5.97 Å².